The van der Waals surface area contributed by atoms with Gasteiger partial charge in [-0.15, -0.1) is 0 Å². The second-order valence-corrected chi connectivity index (χ2v) is 11.9. The number of piperidine rings is 1. The van der Waals surface area contributed by atoms with Crippen LogP contribution in [0.1, 0.15) is 51.4 Å². The first kappa shape index (κ1) is 22.2. The van der Waals surface area contributed by atoms with Crippen molar-refractivity contribution in [2.45, 2.75) is 56.3 Å². The van der Waals surface area contributed by atoms with Crippen LogP contribution in [0.25, 0.3) is 0 Å². The van der Waals surface area contributed by atoms with Gasteiger partial charge in [0.2, 0.25) is 15.9 Å². The first-order chi connectivity index (χ1) is 15.5. The van der Waals surface area contributed by atoms with Gasteiger partial charge in [0.05, 0.1) is 29.5 Å². The number of carbonyl (C=O) groups excluding carboxylic acids is 1. The maximum atomic E-state index is 13.3. The lowest BCUT2D eigenvalue weighted by Crippen LogP contribution is -2.37. The van der Waals surface area contributed by atoms with E-state index in [4.69, 9.17) is 4.74 Å². The number of amides is 1. The molecule has 1 amide bonds. The number of nitrogens with one attached hydrogen (secondary N) is 1. The highest BCUT2D eigenvalue weighted by Crippen LogP contribution is 2.49. The van der Waals surface area contributed by atoms with Crippen LogP contribution in [0, 0.1) is 17.8 Å². The first-order valence-electron chi connectivity index (χ1n) is 12.3. The van der Waals surface area contributed by atoms with Gasteiger partial charge in [-0.25, -0.2) is 8.42 Å². The molecular weight excluding hydrogens is 426 g/mol. The van der Waals surface area contributed by atoms with E-state index in [0.29, 0.717) is 50.2 Å². The van der Waals surface area contributed by atoms with Crippen LogP contribution in [0.3, 0.4) is 0 Å². The minimum Gasteiger partial charge on any atom is -0.378 e. The van der Waals surface area contributed by atoms with Crippen LogP contribution < -0.4 is 10.2 Å². The van der Waals surface area contributed by atoms with Crippen molar-refractivity contribution in [2.75, 3.05) is 49.6 Å². The van der Waals surface area contributed by atoms with Crippen LogP contribution in [-0.2, 0) is 19.6 Å². The molecule has 3 atom stereocenters. The van der Waals surface area contributed by atoms with Gasteiger partial charge in [0, 0.05) is 32.6 Å². The lowest BCUT2D eigenvalue weighted by molar-refractivity contribution is -0.117. The van der Waals surface area contributed by atoms with Crippen molar-refractivity contribution in [1.29, 1.82) is 0 Å². The van der Waals surface area contributed by atoms with Crippen molar-refractivity contribution >= 4 is 27.3 Å². The molecule has 2 aliphatic carbocycles. The number of rotatable bonds is 6. The summed E-state index contributed by atoms with van der Waals surface area (Å²) in [7, 11) is -3.56. The largest absolute Gasteiger partial charge is 0.378 e. The summed E-state index contributed by atoms with van der Waals surface area (Å²) in [6.45, 7) is 3.86. The Balaban J connectivity index is 1.38. The smallest absolute Gasteiger partial charge is 0.243 e. The van der Waals surface area contributed by atoms with Crippen molar-refractivity contribution in [2.24, 2.45) is 17.8 Å². The average Bonchev–Trinajstić information content (AvgIpc) is 3.43. The number of benzene rings is 1. The van der Waals surface area contributed by atoms with Crippen LogP contribution in [0.4, 0.5) is 11.4 Å². The molecule has 2 aliphatic heterocycles. The Morgan fingerprint density at radius 3 is 2.50 bits per heavy atom. The quantitative estimate of drug-likeness (QED) is 0.702. The molecule has 0 spiro atoms. The van der Waals surface area contributed by atoms with E-state index >= 15 is 0 Å². The summed E-state index contributed by atoms with van der Waals surface area (Å²) >= 11 is 0. The summed E-state index contributed by atoms with van der Waals surface area (Å²) < 4.78 is 33.6. The van der Waals surface area contributed by atoms with Crippen molar-refractivity contribution in [1.82, 2.24) is 4.31 Å². The molecule has 4 fully saturated rings. The summed E-state index contributed by atoms with van der Waals surface area (Å²) in [6.07, 6.45) is 8.43. The summed E-state index contributed by atoms with van der Waals surface area (Å²) in [5.41, 5.74) is 1.49. The zero-order valence-electron chi connectivity index (χ0n) is 18.8. The molecule has 0 unspecified atom stereocenters. The van der Waals surface area contributed by atoms with Crippen LogP contribution in [0.5, 0.6) is 0 Å². The Kier molecular flexibility index (Phi) is 6.45. The Morgan fingerprint density at radius 2 is 1.81 bits per heavy atom. The number of hydrogen-bond acceptors (Lipinski definition) is 5. The van der Waals surface area contributed by atoms with Gasteiger partial charge >= 0.3 is 0 Å². The second-order valence-electron chi connectivity index (χ2n) is 9.93. The van der Waals surface area contributed by atoms with Crippen molar-refractivity contribution in [3.63, 3.8) is 0 Å². The van der Waals surface area contributed by atoms with Gasteiger partial charge in [0.1, 0.15) is 0 Å². The highest BCUT2D eigenvalue weighted by molar-refractivity contribution is 7.89. The van der Waals surface area contributed by atoms with E-state index in [1.165, 1.54) is 19.3 Å². The molecule has 2 bridgehead atoms. The summed E-state index contributed by atoms with van der Waals surface area (Å²) in [5, 5.41) is 3.11. The lowest BCUT2D eigenvalue weighted by atomic mass is 9.86. The Bertz CT molecular complexity index is 939. The zero-order valence-corrected chi connectivity index (χ0v) is 19.6. The molecular formula is C24H35N3O4S. The van der Waals surface area contributed by atoms with Gasteiger partial charge in [-0.2, -0.15) is 4.31 Å². The second kappa shape index (κ2) is 9.31. The third-order valence-electron chi connectivity index (χ3n) is 7.88. The summed E-state index contributed by atoms with van der Waals surface area (Å²) in [6, 6.07) is 5.23. The van der Waals surface area contributed by atoms with E-state index in [1.54, 1.807) is 16.4 Å². The molecule has 32 heavy (non-hydrogen) atoms. The zero-order chi connectivity index (χ0) is 22.1. The number of hydrogen-bond donors (Lipinski definition) is 1. The summed E-state index contributed by atoms with van der Waals surface area (Å²) in [5.74, 6) is 1.97. The number of anilines is 2. The summed E-state index contributed by atoms with van der Waals surface area (Å²) in [4.78, 5) is 15.5. The van der Waals surface area contributed by atoms with Crippen molar-refractivity contribution < 1.29 is 17.9 Å². The molecule has 8 heteroatoms. The van der Waals surface area contributed by atoms with Crippen LogP contribution in [0.2, 0.25) is 0 Å². The highest BCUT2D eigenvalue weighted by Gasteiger charge is 2.40. The molecule has 5 rings (SSSR count). The van der Waals surface area contributed by atoms with Crippen LogP contribution in [0.15, 0.2) is 23.1 Å². The third-order valence-corrected chi connectivity index (χ3v) is 9.77. The van der Waals surface area contributed by atoms with E-state index in [1.807, 2.05) is 6.07 Å². The topological polar surface area (TPSA) is 79.0 Å². The van der Waals surface area contributed by atoms with E-state index < -0.39 is 10.0 Å². The normalized spacial score (nSPS) is 28.8. The SMILES string of the molecule is O=C(C[C@@H]1C[C@H]2CC[C@H]1C2)Nc1cc(S(=O)(=O)N2CCCCC2)ccc1N1CCOCC1. The number of ether oxygens (including phenoxy) is 1. The average molecular weight is 462 g/mol. The molecule has 1 aromatic carbocycles. The minimum atomic E-state index is -3.56. The fourth-order valence-electron chi connectivity index (χ4n) is 6.18. The predicted molar refractivity (Wildman–Crippen MR) is 124 cm³/mol. The van der Waals surface area contributed by atoms with Crippen LogP contribution in [-0.4, -0.2) is 58.0 Å². The first-order valence-corrected chi connectivity index (χ1v) is 13.7. The van der Waals surface area contributed by atoms with Gasteiger partial charge in [0.25, 0.3) is 0 Å². The molecule has 2 heterocycles. The number of carbonyl (C=O) groups is 1. The fraction of sp³-hybridized carbons (Fsp3) is 0.708. The Morgan fingerprint density at radius 1 is 1.03 bits per heavy atom. The third kappa shape index (κ3) is 4.54. The highest BCUT2D eigenvalue weighted by atomic mass is 32.2. The van der Waals surface area contributed by atoms with Crippen molar-refractivity contribution in [3.8, 4) is 0 Å². The Hall–Kier alpha value is -1.64. The number of nitrogens with zero attached hydrogens (tertiary/aromatic N) is 2. The van der Waals surface area contributed by atoms with E-state index in [2.05, 4.69) is 10.2 Å². The number of sulfonamides is 1. The molecule has 1 N–H and O–H groups in total. The maximum Gasteiger partial charge on any atom is 0.243 e. The van der Waals surface area contributed by atoms with E-state index in [-0.39, 0.29) is 10.8 Å². The fourth-order valence-corrected chi connectivity index (χ4v) is 7.72. The Labute approximate surface area is 191 Å². The molecule has 1 aromatic rings. The lowest BCUT2D eigenvalue weighted by Gasteiger charge is -2.31. The van der Waals surface area contributed by atoms with Gasteiger partial charge in [-0.3, -0.25) is 4.79 Å². The predicted octanol–water partition coefficient (Wildman–Crippen LogP) is 3.46. The minimum absolute atomic E-state index is 0.00424. The molecule has 2 saturated heterocycles. The monoisotopic (exact) mass is 461 g/mol. The van der Waals surface area contributed by atoms with Crippen LogP contribution >= 0.6 is 0 Å². The molecule has 4 aliphatic rings. The van der Waals surface area contributed by atoms with Crippen molar-refractivity contribution in [3.05, 3.63) is 18.2 Å². The van der Waals surface area contributed by atoms with E-state index in [9.17, 15) is 13.2 Å². The maximum absolute atomic E-state index is 13.3. The van der Waals surface area contributed by atoms with Gasteiger partial charge < -0.3 is 15.0 Å². The van der Waals surface area contributed by atoms with Gasteiger partial charge in [-0.1, -0.05) is 12.8 Å². The standard InChI is InChI=1S/C24H35N3O4S/c28-24(16-20-15-18-4-5-19(20)14-18)25-22-17-21(32(29,30)27-8-2-1-3-9-27)6-7-23(22)26-10-12-31-13-11-26/h6-7,17-20H,1-5,8-16H2,(H,25,28)/t18-,19-,20-/m0/s1. The molecule has 0 radical (unpaired) electrons. The molecule has 176 valence electrons. The molecule has 2 saturated carbocycles. The number of morpholine rings is 1. The number of fused-ring (bicyclic) bond motifs is 2. The van der Waals surface area contributed by atoms with Gasteiger partial charge in [-0.05, 0) is 68.1 Å². The molecule has 7 nitrogen and oxygen atoms in total. The van der Waals surface area contributed by atoms with E-state index in [0.717, 1.165) is 50.4 Å². The molecule has 0 aromatic heterocycles. The van der Waals surface area contributed by atoms with Gasteiger partial charge in [0.15, 0.2) is 0 Å².